The molecule has 0 heterocycles. The molecular formula is C65H112O6. The summed E-state index contributed by atoms with van der Waals surface area (Å²) < 4.78 is 16.9. The van der Waals surface area contributed by atoms with Crippen molar-refractivity contribution in [1.82, 2.24) is 0 Å². The highest BCUT2D eigenvalue weighted by Gasteiger charge is 2.19. The number of rotatable bonds is 54. The average molecular weight is 990 g/mol. The first-order chi connectivity index (χ1) is 35.0. The van der Waals surface area contributed by atoms with Crippen molar-refractivity contribution in [2.75, 3.05) is 13.2 Å². The molecule has 1 unspecified atom stereocenters. The van der Waals surface area contributed by atoms with E-state index in [1.165, 1.54) is 141 Å². The molecule has 0 aliphatic rings. The Morgan fingerprint density at radius 3 is 0.859 bits per heavy atom. The van der Waals surface area contributed by atoms with Crippen LogP contribution in [0.1, 0.15) is 290 Å². The molecule has 6 nitrogen and oxygen atoms in total. The number of hydrogen-bond donors (Lipinski definition) is 0. The van der Waals surface area contributed by atoms with Crippen molar-refractivity contribution >= 4 is 17.9 Å². The van der Waals surface area contributed by atoms with Crippen molar-refractivity contribution < 1.29 is 28.6 Å². The lowest BCUT2D eigenvalue weighted by atomic mass is 10.0. The van der Waals surface area contributed by atoms with E-state index in [-0.39, 0.29) is 31.1 Å². The molecule has 0 rings (SSSR count). The third-order valence-corrected chi connectivity index (χ3v) is 12.9. The zero-order valence-electron chi connectivity index (χ0n) is 46.7. The topological polar surface area (TPSA) is 78.9 Å². The van der Waals surface area contributed by atoms with Crippen LogP contribution >= 0.6 is 0 Å². The van der Waals surface area contributed by atoms with Gasteiger partial charge < -0.3 is 14.2 Å². The standard InChI is InChI=1S/C65H112O6/c1-4-7-10-13-16-19-22-24-26-28-29-30-31-32-33-34-35-37-38-40-43-46-49-52-55-58-64(67)70-61-62(60-69-63(66)57-54-51-48-45-42-21-18-15-12-9-6-3)71-65(68)59-56-53-50-47-44-41-39-36-27-25-23-20-17-14-11-8-5-2/h7-8,10-11,16-17,19-20,24-27,29-30,62H,4-6,9,12-15,18,21-23,28,31-61H2,1-3H3/b10-7-,11-8-,19-16-,20-17-,26-24-,27-25-,30-29-. The van der Waals surface area contributed by atoms with E-state index in [1.54, 1.807) is 0 Å². The Labute approximate surface area is 439 Å². The van der Waals surface area contributed by atoms with Gasteiger partial charge in [-0.1, -0.05) is 266 Å². The molecule has 0 aromatic rings. The largest absolute Gasteiger partial charge is 0.462 e. The maximum Gasteiger partial charge on any atom is 0.306 e. The number of ether oxygens (including phenoxy) is 3. The first-order valence-corrected chi connectivity index (χ1v) is 30.1. The Hall–Kier alpha value is -3.41. The van der Waals surface area contributed by atoms with Gasteiger partial charge in [-0.3, -0.25) is 14.4 Å². The molecule has 0 spiro atoms. The minimum absolute atomic E-state index is 0.0783. The van der Waals surface area contributed by atoms with Crippen molar-refractivity contribution in [2.24, 2.45) is 0 Å². The molecule has 0 aliphatic heterocycles. The fourth-order valence-corrected chi connectivity index (χ4v) is 8.45. The molecule has 0 fully saturated rings. The van der Waals surface area contributed by atoms with E-state index in [1.807, 2.05) is 0 Å². The molecule has 408 valence electrons. The normalized spacial score (nSPS) is 12.7. The molecule has 0 aliphatic carbocycles. The highest BCUT2D eigenvalue weighted by Crippen LogP contribution is 2.16. The van der Waals surface area contributed by atoms with Crippen LogP contribution in [0, 0.1) is 0 Å². The van der Waals surface area contributed by atoms with Crippen molar-refractivity contribution in [1.29, 1.82) is 0 Å². The summed E-state index contributed by atoms with van der Waals surface area (Å²) >= 11 is 0. The lowest BCUT2D eigenvalue weighted by molar-refractivity contribution is -0.167. The number of unbranched alkanes of at least 4 members (excludes halogenated alkanes) is 29. The van der Waals surface area contributed by atoms with Crippen molar-refractivity contribution in [3.05, 3.63) is 85.1 Å². The number of carbonyl (C=O) groups is 3. The molecule has 0 saturated carbocycles. The van der Waals surface area contributed by atoms with Gasteiger partial charge in [0.1, 0.15) is 13.2 Å². The molecule has 0 bridgehead atoms. The first kappa shape index (κ1) is 67.6. The first-order valence-electron chi connectivity index (χ1n) is 30.1. The van der Waals surface area contributed by atoms with Crippen LogP contribution in [-0.2, 0) is 28.6 Å². The second kappa shape index (κ2) is 59.2. The van der Waals surface area contributed by atoms with Crippen LogP contribution in [0.4, 0.5) is 0 Å². The van der Waals surface area contributed by atoms with Gasteiger partial charge in [0.05, 0.1) is 0 Å². The van der Waals surface area contributed by atoms with E-state index in [0.717, 1.165) is 109 Å². The summed E-state index contributed by atoms with van der Waals surface area (Å²) in [6.07, 6.45) is 77.2. The lowest BCUT2D eigenvalue weighted by Gasteiger charge is -2.18. The summed E-state index contributed by atoms with van der Waals surface area (Å²) in [5.74, 6) is -0.882. The van der Waals surface area contributed by atoms with Crippen LogP contribution < -0.4 is 0 Å². The van der Waals surface area contributed by atoms with Gasteiger partial charge >= 0.3 is 17.9 Å². The lowest BCUT2D eigenvalue weighted by Crippen LogP contribution is -2.30. The number of hydrogen-bond acceptors (Lipinski definition) is 6. The van der Waals surface area contributed by atoms with Crippen molar-refractivity contribution in [3.63, 3.8) is 0 Å². The van der Waals surface area contributed by atoms with Gasteiger partial charge in [0.15, 0.2) is 6.10 Å². The second-order valence-electron chi connectivity index (χ2n) is 19.9. The van der Waals surface area contributed by atoms with Crippen LogP contribution in [0.3, 0.4) is 0 Å². The second-order valence-corrected chi connectivity index (χ2v) is 19.9. The van der Waals surface area contributed by atoms with Crippen molar-refractivity contribution in [3.8, 4) is 0 Å². The molecular weight excluding hydrogens is 877 g/mol. The van der Waals surface area contributed by atoms with Crippen LogP contribution in [0.5, 0.6) is 0 Å². The van der Waals surface area contributed by atoms with Crippen LogP contribution in [-0.4, -0.2) is 37.2 Å². The molecule has 6 heteroatoms. The number of allylic oxidation sites excluding steroid dienone is 14. The summed E-state index contributed by atoms with van der Waals surface area (Å²) in [6.45, 7) is 6.42. The van der Waals surface area contributed by atoms with Crippen LogP contribution in [0.2, 0.25) is 0 Å². The summed E-state index contributed by atoms with van der Waals surface area (Å²) in [5.41, 5.74) is 0. The van der Waals surface area contributed by atoms with Gasteiger partial charge in [0.25, 0.3) is 0 Å². The molecule has 0 aromatic heterocycles. The monoisotopic (exact) mass is 989 g/mol. The van der Waals surface area contributed by atoms with E-state index in [2.05, 4.69) is 106 Å². The molecule has 1 atom stereocenters. The van der Waals surface area contributed by atoms with Gasteiger partial charge in [-0.25, -0.2) is 0 Å². The van der Waals surface area contributed by atoms with E-state index >= 15 is 0 Å². The predicted molar refractivity (Wildman–Crippen MR) is 307 cm³/mol. The zero-order valence-corrected chi connectivity index (χ0v) is 46.7. The SMILES string of the molecule is CC/C=C\C/C=C\C/C=C\C/C=C\CCCCCCCCCCCCCCC(=O)OCC(COC(=O)CCCCCCCCCCCCC)OC(=O)CCCCCCCCC/C=C\C/C=C\C/C=C\CC. The van der Waals surface area contributed by atoms with Gasteiger partial charge in [-0.05, 0) is 89.9 Å². The minimum Gasteiger partial charge on any atom is -0.462 e. The van der Waals surface area contributed by atoms with Gasteiger partial charge in [0.2, 0.25) is 0 Å². The Bertz CT molecular complexity index is 1370. The zero-order chi connectivity index (χ0) is 51.4. The van der Waals surface area contributed by atoms with Crippen LogP contribution in [0.15, 0.2) is 85.1 Å². The van der Waals surface area contributed by atoms with Gasteiger partial charge in [-0.15, -0.1) is 0 Å². The van der Waals surface area contributed by atoms with Crippen LogP contribution in [0.25, 0.3) is 0 Å². The molecule has 0 amide bonds. The van der Waals surface area contributed by atoms with E-state index in [4.69, 9.17) is 14.2 Å². The summed E-state index contributed by atoms with van der Waals surface area (Å²) in [6, 6.07) is 0. The summed E-state index contributed by atoms with van der Waals surface area (Å²) in [4.78, 5) is 38.2. The number of carbonyl (C=O) groups excluding carboxylic acids is 3. The fraction of sp³-hybridized carbons (Fsp3) is 0.738. The number of esters is 3. The summed E-state index contributed by atoms with van der Waals surface area (Å²) in [5, 5.41) is 0. The Kier molecular flexibility index (Phi) is 56.3. The predicted octanol–water partition coefficient (Wildman–Crippen LogP) is 20.3. The molecule has 0 N–H and O–H groups in total. The smallest absolute Gasteiger partial charge is 0.306 e. The highest BCUT2D eigenvalue weighted by molar-refractivity contribution is 5.71. The molecule has 0 radical (unpaired) electrons. The Morgan fingerprint density at radius 2 is 0.549 bits per heavy atom. The Morgan fingerprint density at radius 1 is 0.296 bits per heavy atom. The highest BCUT2D eigenvalue weighted by atomic mass is 16.6. The van der Waals surface area contributed by atoms with Gasteiger partial charge in [0, 0.05) is 19.3 Å². The average Bonchev–Trinajstić information content (AvgIpc) is 3.37. The molecule has 71 heavy (non-hydrogen) atoms. The quantitative estimate of drug-likeness (QED) is 0.0261. The molecule has 0 aromatic carbocycles. The third-order valence-electron chi connectivity index (χ3n) is 12.9. The fourth-order valence-electron chi connectivity index (χ4n) is 8.45. The van der Waals surface area contributed by atoms with E-state index < -0.39 is 6.10 Å². The maximum atomic E-state index is 12.9. The Balaban J connectivity index is 4.27. The van der Waals surface area contributed by atoms with E-state index in [0.29, 0.717) is 19.3 Å². The maximum absolute atomic E-state index is 12.9. The van der Waals surface area contributed by atoms with E-state index in [9.17, 15) is 14.4 Å². The minimum atomic E-state index is -0.781. The summed E-state index contributed by atoms with van der Waals surface area (Å²) in [7, 11) is 0. The third kappa shape index (κ3) is 57.4. The van der Waals surface area contributed by atoms with Gasteiger partial charge in [-0.2, -0.15) is 0 Å². The van der Waals surface area contributed by atoms with Crippen molar-refractivity contribution in [2.45, 2.75) is 297 Å². The molecule has 0 saturated heterocycles.